The van der Waals surface area contributed by atoms with Crippen molar-refractivity contribution in [3.63, 3.8) is 0 Å². The highest BCUT2D eigenvalue weighted by Crippen LogP contribution is 2.48. The molecule has 1 unspecified atom stereocenters. The van der Waals surface area contributed by atoms with Crippen LogP contribution in [0.2, 0.25) is 0 Å². The number of aliphatic hydroxyl groups is 2. The first-order valence-electron chi connectivity index (χ1n) is 12.1. The van der Waals surface area contributed by atoms with Gasteiger partial charge in [0.2, 0.25) is 0 Å². The fraction of sp³-hybridized carbons (Fsp3) is 0.720. The van der Waals surface area contributed by atoms with Crippen LogP contribution in [0.3, 0.4) is 0 Å². The van der Waals surface area contributed by atoms with Crippen LogP contribution < -0.4 is 10.1 Å². The number of nitrogens with one attached hydrogen (secondary N) is 1. The summed E-state index contributed by atoms with van der Waals surface area (Å²) in [6, 6.07) is 5.59. The molecule has 1 fully saturated rings. The maximum atomic E-state index is 12.3. The van der Waals surface area contributed by atoms with Gasteiger partial charge in [0.25, 0.3) is 5.91 Å². The molecule has 33 heavy (non-hydrogen) atoms. The Bertz CT molecular complexity index is 785. The molecule has 3 N–H and O–H groups in total. The molecule has 0 saturated heterocycles. The lowest BCUT2D eigenvalue weighted by Gasteiger charge is -2.32. The van der Waals surface area contributed by atoms with Gasteiger partial charge >= 0.3 is 6.18 Å². The standard InChI is InChI=1S/C25H36F3NO4/c1-2-3-4-7-18(30)9-10-19-20-11-16-6-5-8-23(21(16)12-17(20)13-22(19)31)33-14-24(32)29-15-25(26,27)28/h5-6,8,17-20,22,30-31H,2-4,7,9-15H2,1H3,(H,29,32)/t17-,18-,19?,20-,22+/m0/s1. The van der Waals surface area contributed by atoms with Crippen LogP contribution in [0.25, 0.3) is 0 Å². The number of benzene rings is 1. The van der Waals surface area contributed by atoms with Gasteiger partial charge < -0.3 is 20.3 Å². The van der Waals surface area contributed by atoms with Gasteiger partial charge in [-0.1, -0.05) is 38.3 Å². The van der Waals surface area contributed by atoms with E-state index in [9.17, 15) is 28.2 Å². The Morgan fingerprint density at radius 2 is 2.03 bits per heavy atom. The lowest BCUT2D eigenvalue weighted by atomic mass is 9.73. The molecule has 1 saturated carbocycles. The predicted molar refractivity (Wildman–Crippen MR) is 119 cm³/mol. The summed E-state index contributed by atoms with van der Waals surface area (Å²) in [6.07, 6.45) is 2.64. The molecule has 1 amide bonds. The lowest BCUT2D eigenvalue weighted by Crippen LogP contribution is -2.36. The molecule has 5 atom stereocenters. The molecule has 0 spiro atoms. The number of hydrogen-bond donors (Lipinski definition) is 3. The summed E-state index contributed by atoms with van der Waals surface area (Å²) < 4.78 is 42.4. The number of carbonyl (C=O) groups excluding carboxylic acids is 1. The molecule has 5 nitrogen and oxygen atoms in total. The maximum absolute atomic E-state index is 12.3. The van der Waals surface area contributed by atoms with Crippen LogP contribution in [-0.2, 0) is 17.6 Å². The number of fused-ring (bicyclic) bond motifs is 2. The Hall–Kier alpha value is -1.80. The van der Waals surface area contributed by atoms with Crippen LogP contribution >= 0.6 is 0 Å². The minimum atomic E-state index is -4.46. The number of halogens is 3. The van der Waals surface area contributed by atoms with E-state index >= 15 is 0 Å². The Labute approximate surface area is 193 Å². The normalized spacial score (nSPS) is 25.3. The highest BCUT2D eigenvalue weighted by molar-refractivity contribution is 5.77. The zero-order valence-electron chi connectivity index (χ0n) is 19.2. The first-order valence-corrected chi connectivity index (χ1v) is 12.1. The molecule has 1 aromatic carbocycles. The van der Waals surface area contributed by atoms with Crippen molar-refractivity contribution in [3.8, 4) is 5.75 Å². The van der Waals surface area contributed by atoms with Crippen LogP contribution in [-0.4, -0.2) is 47.7 Å². The van der Waals surface area contributed by atoms with Gasteiger partial charge in [0.15, 0.2) is 6.61 Å². The van der Waals surface area contributed by atoms with E-state index < -0.39 is 31.3 Å². The highest BCUT2D eigenvalue weighted by atomic mass is 19.4. The van der Waals surface area contributed by atoms with Gasteiger partial charge in [0, 0.05) is 0 Å². The van der Waals surface area contributed by atoms with E-state index in [-0.39, 0.29) is 12.0 Å². The minimum Gasteiger partial charge on any atom is -0.483 e. The van der Waals surface area contributed by atoms with Crippen molar-refractivity contribution in [1.29, 1.82) is 0 Å². The van der Waals surface area contributed by atoms with Crippen molar-refractivity contribution in [2.45, 2.75) is 83.1 Å². The molecule has 0 aliphatic heterocycles. The zero-order chi connectivity index (χ0) is 24.0. The fourth-order valence-electron chi connectivity index (χ4n) is 5.49. The average Bonchev–Trinajstić information content (AvgIpc) is 3.06. The Morgan fingerprint density at radius 1 is 1.24 bits per heavy atom. The summed E-state index contributed by atoms with van der Waals surface area (Å²) in [6.45, 7) is 0.293. The van der Waals surface area contributed by atoms with E-state index in [2.05, 4.69) is 6.92 Å². The Kier molecular flexibility index (Phi) is 9.04. The van der Waals surface area contributed by atoms with E-state index in [1.54, 1.807) is 6.07 Å². The second-order valence-corrected chi connectivity index (χ2v) is 9.60. The zero-order valence-corrected chi connectivity index (χ0v) is 19.2. The molecule has 0 aromatic heterocycles. The molecule has 1 aromatic rings. The number of ether oxygens (including phenoxy) is 1. The third-order valence-electron chi connectivity index (χ3n) is 7.16. The summed E-state index contributed by atoms with van der Waals surface area (Å²) >= 11 is 0. The van der Waals surface area contributed by atoms with Gasteiger partial charge in [0.05, 0.1) is 12.2 Å². The highest BCUT2D eigenvalue weighted by Gasteiger charge is 2.44. The third kappa shape index (κ3) is 7.34. The first kappa shape index (κ1) is 25.8. The van der Waals surface area contributed by atoms with Crippen molar-refractivity contribution >= 4 is 5.91 Å². The molecule has 2 aliphatic rings. The van der Waals surface area contributed by atoms with E-state index in [1.165, 1.54) is 0 Å². The lowest BCUT2D eigenvalue weighted by molar-refractivity contribution is -0.139. The van der Waals surface area contributed by atoms with Crippen LogP contribution in [0.15, 0.2) is 18.2 Å². The van der Waals surface area contributed by atoms with Gasteiger partial charge in [-0.25, -0.2) is 0 Å². The molecular formula is C25H36F3NO4. The summed E-state index contributed by atoms with van der Waals surface area (Å²) in [5, 5.41) is 22.9. The largest absolute Gasteiger partial charge is 0.483 e. The average molecular weight is 472 g/mol. The van der Waals surface area contributed by atoms with E-state index in [4.69, 9.17) is 4.74 Å². The topological polar surface area (TPSA) is 78.8 Å². The van der Waals surface area contributed by atoms with Crippen molar-refractivity contribution in [3.05, 3.63) is 29.3 Å². The van der Waals surface area contributed by atoms with Crippen LogP contribution in [0.4, 0.5) is 13.2 Å². The van der Waals surface area contributed by atoms with Crippen molar-refractivity contribution in [2.24, 2.45) is 17.8 Å². The van der Waals surface area contributed by atoms with Crippen molar-refractivity contribution in [2.75, 3.05) is 13.2 Å². The van der Waals surface area contributed by atoms with Gasteiger partial charge in [-0.3, -0.25) is 4.79 Å². The molecular weight excluding hydrogens is 435 g/mol. The predicted octanol–water partition coefficient (Wildman–Crippen LogP) is 4.18. The molecule has 0 heterocycles. The Morgan fingerprint density at radius 3 is 2.76 bits per heavy atom. The second kappa shape index (κ2) is 11.6. The number of hydrogen-bond acceptors (Lipinski definition) is 4. The number of alkyl halides is 3. The van der Waals surface area contributed by atoms with Crippen molar-refractivity contribution in [1.82, 2.24) is 5.32 Å². The summed E-state index contributed by atoms with van der Waals surface area (Å²) in [4.78, 5) is 11.7. The molecule has 3 rings (SSSR count). The second-order valence-electron chi connectivity index (χ2n) is 9.60. The Balaban J connectivity index is 1.57. The van der Waals surface area contributed by atoms with E-state index in [0.29, 0.717) is 36.8 Å². The van der Waals surface area contributed by atoms with Gasteiger partial charge in [-0.05, 0) is 73.5 Å². The third-order valence-corrected chi connectivity index (χ3v) is 7.16. The molecule has 8 heteroatoms. The number of unbranched alkanes of at least 4 members (excludes halogenated alkanes) is 2. The van der Waals surface area contributed by atoms with E-state index in [0.717, 1.165) is 49.7 Å². The molecule has 0 radical (unpaired) electrons. The van der Waals surface area contributed by atoms with Crippen LogP contribution in [0, 0.1) is 17.8 Å². The summed E-state index contributed by atoms with van der Waals surface area (Å²) in [5.74, 6) is 0.491. The first-order chi connectivity index (χ1) is 15.7. The molecule has 0 bridgehead atoms. The number of amides is 1. The fourth-order valence-corrected chi connectivity index (χ4v) is 5.49. The number of rotatable bonds is 11. The van der Waals surface area contributed by atoms with Crippen molar-refractivity contribution < 1.29 is 32.9 Å². The SMILES string of the molecule is CCCCC[C@H](O)CCC1[C@H](O)C[C@@H]2Cc3c(cccc3OCC(=O)NCC(F)(F)F)C[C@H]12. The number of aliphatic hydroxyl groups excluding tert-OH is 2. The monoisotopic (exact) mass is 471 g/mol. The van der Waals surface area contributed by atoms with Crippen LogP contribution in [0.1, 0.15) is 63.0 Å². The number of carbonyl (C=O) groups is 1. The van der Waals surface area contributed by atoms with E-state index in [1.807, 2.05) is 17.4 Å². The quantitative estimate of drug-likeness (QED) is 0.423. The molecule has 186 valence electrons. The van der Waals surface area contributed by atoms with Gasteiger partial charge in [0.1, 0.15) is 12.3 Å². The maximum Gasteiger partial charge on any atom is 0.405 e. The minimum absolute atomic E-state index is 0.154. The van der Waals surface area contributed by atoms with Crippen LogP contribution in [0.5, 0.6) is 5.75 Å². The molecule has 2 aliphatic carbocycles. The van der Waals surface area contributed by atoms with Gasteiger partial charge in [-0.15, -0.1) is 0 Å². The van der Waals surface area contributed by atoms with Gasteiger partial charge in [-0.2, -0.15) is 13.2 Å². The summed E-state index contributed by atoms with van der Waals surface area (Å²) in [5.41, 5.74) is 2.09. The summed E-state index contributed by atoms with van der Waals surface area (Å²) in [7, 11) is 0. The smallest absolute Gasteiger partial charge is 0.405 e.